The Morgan fingerprint density at radius 2 is 1.84 bits per heavy atom. The number of amides is 1. The minimum Gasteiger partial charge on any atom is -0.354 e. The minimum absolute atomic E-state index is 0. The van der Waals surface area contributed by atoms with Gasteiger partial charge in [-0.05, 0) is 30.5 Å². The molecule has 8 heteroatoms. The Morgan fingerprint density at radius 3 is 2.48 bits per heavy atom. The average molecular weight is 536 g/mol. The molecule has 1 aromatic heterocycles. The van der Waals surface area contributed by atoms with Crippen LogP contribution in [0.5, 0.6) is 0 Å². The predicted molar refractivity (Wildman–Crippen MR) is 135 cm³/mol. The molecule has 3 rings (SSSR count). The van der Waals surface area contributed by atoms with Crippen LogP contribution in [0.2, 0.25) is 0 Å². The quantitative estimate of drug-likeness (QED) is 0.323. The number of halogens is 1. The SMILES string of the molecule is CN(C)C(=O)CNC(=NCc1ccccc1)NC1CCN(Cc2ccccn2)CC1.I. The van der Waals surface area contributed by atoms with Gasteiger partial charge in [-0.25, -0.2) is 4.99 Å². The predicted octanol–water partition coefficient (Wildman–Crippen LogP) is 2.49. The third-order valence-corrected chi connectivity index (χ3v) is 5.21. The average Bonchev–Trinajstić information content (AvgIpc) is 2.78. The number of hydrogen-bond donors (Lipinski definition) is 2. The summed E-state index contributed by atoms with van der Waals surface area (Å²) in [7, 11) is 3.52. The van der Waals surface area contributed by atoms with E-state index in [4.69, 9.17) is 4.99 Å². The largest absolute Gasteiger partial charge is 0.354 e. The molecule has 2 N–H and O–H groups in total. The number of nitrogens with one attached hydrogen (secondary N) is 2. The Balaban J connectivity index is 0.00000341. The zero-order chi connectivity index (χ0) is 21.2. The molecule has 0 aliphatic carbocycles. The third kappa shape index (κ3) is 8.82. The van der Waals surface area contributed by atoms with E-state index in [0.717, 1.165) is 43.7 Å². The van der Waals surface area contributed by atoms with Crippen LogP contribution in [0.3, 0.4) is 0 Å². The summed E-state index contributed by atoms with van der Waals surface area (Å²) in [5.41, 5.74) is 2.25. The molecule has 2 aromatic rings. The molecule has 31 heavy (non-hydrogen) atoms. The number of benzene rings is 1. The molecule has 168 valence electrons. The lowest BCUT2D eigenvalue weighted by molar-refractivity contribution is -0.127. The van der Waals surface area contributed by atoms with Gasteiger partial charge in [-0.3, -0.25) is 14.7 Å². The zero-order valence-corrected chi connectivity index (χ0v) is 20.7. The van der Waals surface area contributed by atoms with E-state index in [-0.39, 0.29) is 36.4 Å². The molecule has 2 heterocycles. The highest BCUT2D eigenvalue weighted by molar-refractivity contribution is 14.0. The number of aromatic nitrogens is 1. The number of rotatable bonds is 7. The van der Waals surface area contributed by atoms with Crippen molar-refractivity contribution in [1.82, 2.24) is 25.4 Å². The topological polar surface area (TPSA) is 72.9 Å². The van der Waals surface area contributed by atoms with Crippen molar-refractivity contribution in [1.29, 1.82) is 0 Å². The van der Waals surface area contributed by atoms with E-state index in [9.17, 15) is 4.79 Å². The summed E-state index contributed by atoms with van der Waals surface area (Å²) < 4.78 is 0. The Kier molecular flexibility index (Phi) is 10.7. The summed E-state index contributed by atoms with van der Waals surface area (Å²) in [4.78, 5) is 25.1. The van der Waals surface area contributed by atoms with Crippen molar-refractivity contribution in [3.63, 3.8) is 0 Å². The first-order chi connectivity index (χ1) is 14.6. The van der Waals surface area contributed by atoms with E-state index in [1.165, 1.54) is 0 Å². The van der Waals surface area contributed by atoms with Crippen LogP contribution in [0.1, 0.15) is 24.1 Å². The first-order valence-corrected chi connectivity index (χ1v) is 10.5. The molecule has 0 bridgehead atoms. The van der Waals surface area contributed by atoms with Crippen molar-refractivity contribution in [3.05, 3.63) is 66.0 Å². The van der Waals surface area contributed by atoms with Crippen LogP contribution in [0.25, 0.3) is 0 Å². The number of carbonyl (C=O) groups is 1. The highest BCUT2D eigenvalue weighted by Crippen LogP contribution is 2.13. The van der Waals surface area contributed by atoms with Gasteiger partial charge in [-0.1, -0.05) is 36.4 Å². The fourth-order valence-corrected chi connectivity index (χ4v) is 3.37. The van der Waals surface area contributed by atoms with Crippen molar-refractivity contribution >= 4 is 35.8 Å². The van der Waals surface area contributed by atoms with Gasteiger partial charge in [0, 0.05) is 46.0 Å². The first kappa shape index (κ1) is 25.1. The smallest absolute Gasteiger partial charge is 0.241 e. The fraction of sp³-hybridized carbons (Fsp3) is 0.435. The number of carbonyl (C=O) groups excluding carboxylic acids is 1. The Labute approximate surface area is 202 Å². The summed E-state index contributed by atoms with van der Waals surface area (Å²) in [5.74, 6) is 0.714. The van der Waals surface area contributed by atoms with Crippen molar-refractivity contribution in [2.24, 2.45) is 4.99 Å². The fourth-order valence-electron chi connectivity index (χ4n) is 3.37. The lowest BCUT2D eigenvalue weighted by Crippen LogP contribution is -2.50. The summed E-state index contributed by atoms with van der Waals surface area (Å²) in [6, 6.07) is 16.5. The number of piperidine rings is 1. The number of aliphatic imine (C=N–C) groups is 1. The monoisotopic (exact) mass is 536 g/mol. The van der Waals surface area contributed by atoms with Crippen LogP contribution in [-0.2, 0) is 17.9 Å². The molecule has 0 radical (unpaired) electrons. The summed E-state index contributed by atoms with van der Waals surface area (Å²) in [6.07, 6.45) is 3.90. The van der Waals surface area contributed by atoms with Crippen molar-refractivity contribution in [2.75, 3.05) is 33.7 Å². The van der Waals surface area contributed by atoms with Gasteiger partial charge < -0.3 is 15.5 Å². The highest BCUT2D eigenvalue weighted by Gasteiger charge is 2.20. The molecule has 1 aliphatic heterocycles. The van der Waals surface area contributed by atoms with E-state index in [2.05, 4.69) is 38.7 Å². The number of likely N-dealkylation sites (N-methyl/N-ethyl adjacent to an activating group) is 1. The molecule has 0 atom stereocenters. The highest BCUT2D eigenvalue weighted by atomic mass is 127. The normalized spacial score (nSPS) is 15.1. The molecule has 7 nitrogen and oxygen atoms in total. The molecule has 1 aromatic carbocycles. The van der Waals surface area contributed by atoms with Crippen molar-refractivity contribution in [2.45, 2.75) is 32.0 Å². The standard InChI is InChI=1S/C23H32N6O.HI/c1-28(2)22(30)17-26-23(25-16-19-8-4-3-5-9-19)27-20-11-14-29(15-12-20)18-21-10-6-7-13-24-21;/h3-10,13,20H,11-12,14-18H2,1-2H3,(H2,25,26,27);1H. The van der Waals surface area contributed by atoms with Gasteiger partial charge in [0.15, 0.2) is 5.96 Å². The minimum atomic E-state index is 0. The van der Waals surface area contributed by atoms with Gasteiger partial charge in [-0.15, -0.1) is 24.0 Å². The number of pyridine rings is 1. The molecular formula is C23H33IN6O. The van der Waals surface area contributed by atoms with Crippen LogP contribution < -0.4 is 10.6 Å². The van der Waals surface area contributed by atoms with Crippen LogP contribution in [0.15, 0.2) is 59.7 Å². The molecule has 1 aliphatic rings. The van der Waals surface area contributed by atoms with Gasteiger partial charge in [0.2, 0.25) is 5.91 Å². The maximum atomic E-state index is 12.0. The molecule has 1 fully saturated rings. The van der Waals surface area contributed by atoms with Gasteiger partial charge >= 0.3 is 0 Å². The molecular weight excluding hydrogens is 503 g/mol. The number of hydrogen-bond acceptors (Lipinski definition) is 4. The zero-order valence-electron chi connectivity index (χ0n) is 18.3. The van der Waals surface area contributed by atoms with Crippen molar-refractivity contribution in [3.8, 4) is 0 Å². The molecule has 0 saturated carbocycles. The van der Waals surface area contributed by atoms with Gasteiger partial charge in [0.1, 0.15) is 0 Å². The van der Waals surface area contributed by atoms with Crippen LogP contribution >= 0.6 is 24.0 Å². The van der Waals surface area contributed by atoms with Gasteiger partial charge in [0.25, 0.3) is 0 Å². The van der Waals surface area contributed by atoms with Crippen LogP contribution in [0.4, 0.5) is 0 Å². The van der Waals surface area contributed by atoms with E-state index in [0.29, 0.717) is 18.5 Å². The number of guanidine groups is 1. The summed E-state index contributed by atoms with van der Waals surface area (Å²) in [6.45, 7) is 3.71. The second-order valence-electron chi connectivity index (χ2n) is 7.81. The Morgan fingerprint density at radius 1 is 1.13 bits per heavy atom. The summed E-state index contributed by atoms with van der Waals surface area (Å²) in [5, 5.41) is 6.72. The second-order valence-corrected chi connectivity index (χ2v) is 7.81. The lowest BCUT2D eigenvalue weighted by Gasteiger charge is -2.33. The van der Waals surface area contributed by atoms with E-state index < -0.39 is 0 Å². The van der Waals surface area contributed by atoms with Gasteiger partial charge in [-0.2, -0.15) is 0 Å². The van der Waals surface area contributed by atoms with E-state index in [1.807, 2.05) is 36.5 Å². The number of likely N-dealkylation sites (tertiary alicyclic amines) is 1. The molecule has 0 spiro atoms. The van der Waals surface area contributed by atoms with E-state index in [1.54, 1.807) is 19.0 Å². The van der Waals surface area contributed by atoms with Crippen LogP contribution in [-0.4, -0.2) is 66.4 Å². The van der Waals surface area contributed by atoms with Crippen LogP contribution in [0, 0.1) is 0 Å². The maximum absolute atomic E-state index is 12.0. The summed E-state index contributed by atoms with van der Waals surface area (Å²) >= 11 is 0. The second kappa shape index (κ2) is 13.3. The Bertz CT molecular complexity index is 807. The maximum Gasteiger partial charge on any atom is 0.241 e. The molecule has 0 unspecified atom stereocenters. The lowest BCUT2D eigenvalue weighted by atomic mass is 10.0. The molecule has 1 amide bonds. The third-order valence-electron chi connectivity index (χ3n) is 5.21. The molecule has 1 saturated heterocycles. The van der Waals surface area contributed by atoms with E-state index >= 15 is 0 Å². The number of nitrogens with zero attached hydrogens (tertiary/aromatic N) is 4. The Hall–Kier alpha value is -2.20. The van der Waals surface area contributed by atoms with Crippen molar-refractivity contribution < 1.29 is 4.79 Å². The van der Waals surface area contributed by atoms with Gasteiger partial charge in [0.05, 0.1) is 18.8 Å². The first-order valence-electron chi connectivity index (χ1n) is 10.5.